The number of anilines is 1. The number of hydrogen-bond donors (Lipinski definition) is 1. The van der Waals surface area contributed by atoms with Gasteiger partial charge in [0.05, 0.1) is 18.7 Å². The van der Waals surface area contributed by atoms with E-state index < -0.39 is 11.0 Å². The molecule has 0 bridgehead atoms. The molecule has 0 radical (unpaired) electrons. The lowest BCUT2D eigenvalue weighted by Gasteiger charge is -2.38. The largest absolute Gasteiger partial charge is 0.626 e. The SMILES string of the molecule is CCC(C)N1CCN(c2ccc(C(=O)[NH+]([O-])CCCCCCCCCCCCCCCCCCO[N+](=O)[O-])cn2)CC1. The van der Waals surface area contributed by atoms with Crippen molar-refractivity contribution < 1.29 is 19.8 Å². The van der Waals surface area contributed by atoms with Gasteiger partial charge in [0.2, 0.25) is 0 Å². The smallest absolute Gasteiger partial charge is 0.345 e. The van der Waals surface area contributed by atoms with E-state index in [2.05, 4.69) is 33.5 Å². The van der Waals surface area contributed by atoms with Gasteiger partial charge in [-0.2, -0.15) is 0 Å². The average Bonchev–Trinajstić information content (AvgIpc) is 3.01. The van der Waals surface area contributed by atoms with Gasteiger partial charge in [0.15, 0.2) is 0 Å². The van der Waals surface area contributed by atoms with Gasteiger partial charge in [-0.05, 0) is 44.7 Å². The summed E-state index contributed by atoms with van der Waals surface area (Å²) in [5.74, 6) is 0.475. The molecule has 42 heavy (non-hydrogen) atoms. The van der Waals surface area contributed by atoms with E-state index in [-0.39, 0.29) is 11.7 Å². The molecule has 2 atom stereocenters. The highest BCUT2D eigenvalue weighted by molar-refractivity contribution is 5.87. The Kier molecular flexibility index (Phi) is 19.0. The van der Waals surface area contributed by atoms with E-state index in [0.717, 1.165) is 76.9 Å². The molecule has 1 aliphatic rings. The average molecular weight is 592 g/mol. The Balaban J connectivity index is 1.40. The Hall–Kier alpha value is -2.30. The topological polar surface area (TPSA) is 116 Å². The lowest BCUT2D eigenvalue weighted by Crippen LogP contribution is -3.10. The van der Waals surface area contributed by atoms with Gasteiger partial charge >= 0.3 is 5.91 Å². The molecule has 0 aromatic carbocycles. The van der Waals surface area contributed by atoms with Crippen LogP contribution >= 0.6 is 0 Å². The van der Waals surface area contributed by atoms with Crippen LogP contribution in [0.15, 0.2) is 18.3 Å². The first-order chi connectivity index (χ1) is 20.4. The first-order valence-corrected chi connectivity index (χ1v) is 16.7. The Labute approximate surface area is 253 Å². The lowest BCUT2D eigenvalue weighted by atomic mass is 10.0. The van der Waals surface area contributed by atoms with Crippen LogP contribution in [0.1, 0.15) is 133 Å². The number of pyridine rings is 1. The van der Waals surface area contributed by atoms with E-state index in [1.807, 2.05) is 6.07 Å². The highest BCUT2D eigenvalue weighted by atomic mass is 16.9. The van der Waals surface area contributed by atoms with Gasteiger partial charge in [-0.15, -0.1) is 10.1 Å². The van der Waals surface area contributed by atoms with E-state index in [0.29, 0.717) is 18.2 Å². The zero-order chi connectivity index (χ0) is 30.4. The van der Waals surface area contributed by atoms with Crippen LogP contribution in [0.25, 0.3) is 0 Å². The molecule has 0 aliphatic carbocycles. The Morgan fingerprint density at radius 2 is 1.38 bits per heavy atom. The van der Waals surface area contributed by atoms with Gasteiger partial charge in [0, 0.05) is 38.4 Å². The maximum atomic E-state index is 12.6. The van der Waals surface area contributed by atoms with Crippen molar-refractivity contribution in [3.05, 3.63) is 39.2 Å². The van der Waals surface area contributed by atoms with Crippen molar-refractivity contribution >= 4 is 11.7 Å². The second kappa shape index (κ2) is 22.3. The first kappa shape index (κ1) is 35.9. The summed E-state index contributed by atoms with van der Waals surface area (Å²) in [5, 5.41) is 21.5. The molecule has 240 valence electrons. The predicted molar refractivity (Wildman–Crippen MR) is 168 cm³/mol. The summed E-state index contributed by atoms with van der Waals surface area (Å²) < 4.78 is 0. The fourth-order valence-corrected chi connectivity index (χ4v) is 5.63. The van der Waals surface area contributed by atoms with E-state index in [1.165, 1.54) is 64.2 Å². The predicted octanol–water partition coefficient (Wildman–Crippen LogP) is 5.97. The summed E-state index contributed by atoms with van der Waals surface area (Å²) in [6.07, 6.45) is 21.2. The number of hydrogen-bond acceptors (Lipinski definition) is 8. The molecule has 1 aromatic heterocycles. The van der Waals surface area contributed by atoms with Gasteiger partial charge in [-0.25, -0.2) is 9.78 Å². The number of rotatable bonds is 24. The van der Waals surface area contributed by atoms with Crippen molar-refractivity contribution in [1.29, 1.82) is 0 Å². The normalized spacial score (nSPS) is 15.5. The molecule has 1 amide bonds. The summed E-state index contributed by atoms with van der Waals surface area (Å²) in [6.45, 7) is 8.95. The Morgan fingerprint density at radius 1 is 0.881 bits per heavy atom. The van der Waals surface area contributed by atoms with Crippen LogP contribution in [0.5, 0.6) is 0 Å². The van der Waals surface area contributed by atoms with Crippen LogP contribution in [0.4, 0.5) is 5.82 Å². The standard InChI is InChI=1S/C32H57N5O5/c1-3-29(2)34-23-25-35(26-24-34)31-21-20-30(28-33-31)32(38)36(39)22-18-16-14-12-10-8-6-4-5-7-9-11-13-15-17-19-27-42-37(40)41/h20-21,28-29,36H,3-19,22-27H2,1-2H3. The molecule has 1 fully saturated rings. The lowest BCUT2D eigenvalue weighted by molar-refractivity contribution is -0.757. The molecular weight excluding hydrogens is 534 g/mol. The number of nitrogens with zero attached hydrogens (tertiary/aromatic N) is 4. The zero-order valence-corrected chi connectivity index (χ0v) is 26.4. The molecule has 0 spiro atoms. The van der Waals surface area contributed by atoms with E-state index in [1.54, 1.807) is 12.3 Å². The van der Waals surface area contributed by atoms with Crippen molar-refractivity contribution in [1.82, 2.24) is 9.88 Å². The molecule has 10 heteroatoms. The number of carbonyl (C=O) groups is 1. The van der Waals surface area contributed by atoms with Crippen molar-refractivity contribution in [3.8, 4) is 0 Å². The number of hydroxylamine groups is 2. The number of amides is 1. The van der Waals surface area contributed by atoms with E-state index in [4.69, 9.17) is 0 Å². The quantitative estimate of drug-likeness (QED) is 0.0887. The van der Waals surface area contributed by atoms with Crippen molar-refractivity contribution in [3.63, 3.8) is 0 Å². The Bertz CT molecular complexity index is 848. The summed E-state index contributed by atoms with van der Waals surface area (Å²) in [5.41, 5.74) is 0.403. The van der Waals surface area contributed by atoms with Crippen LogP contribution < -0.4 is 9.96 Å². The second-order valence-electron chi connectivity index (χ2n) is 11.9. The summed E-state index contributed by atoms with van der Waals surface area (Å²) in [6, 6.07) is 4.24. The Morgan fingerprint density at radius 3 is 1.83 bits per heavy atom. The van der Waals surface area contributed by atoms with Gasteiger partial charge < -0.3 is 20.0 Å². The third kappa shape index (κ3) is 15.3. The van der Waals surface area contributed by atoms with E-state index >= 15 is 0 Å². The van der Waals surface area contributed by atoms with Gasteiger partial charge in [0.1, 0.15) is 5.82 Å². The van der Waals surface area contributed by atoms with Crippen molar-refractivity contribution in [2.75, 3.05) is 44.2 Å². The fraction of sp³-hybridized carbons (Fsp3) is 0.812. The summed E-state index contributed by atoms with van der Waals surface area (Å²) in [4.78, 5) is 36.2. The maximum absolute atomic E-state index is 12.6. The van der Waals surface area contributed by atoms with Crippen LogP contribution in [-0.4, -0.2) is 66.3 Å². The third-order valence-corrected chi connectivity index (χ3v) is 8.61. The number of aromatic nitrogens is 1. The molecule has 1 N–H and O–H groups in total. The number of unbranched alkanes of at least 4 members (excludes halogenated alkanes) is 15. The van der Waals surface area contributed by atoms with Crippen molar-refractivity contribution in [2.45, 2.75) is 129 Å². The highest BCUT2D eigenvalue weighted by Gasteiger charge is 2.22. The van der Waals surface area contributed by atoms with Crippen LogP contribution in [0.3, 0.4) is 0 Å². The first-order valence-electron chi connectivity index (χ1n) is 16.7. The van der Waals surface area contributed by atoms with E-state index in [9.17, 15) is 20.1 Å². The molecule has 2 heterocycles. The molecule has 1 aromatic rings. The second-order valence-corrected chi connectivity index (χ2v) is 11.9. The van der Waals surface area contributed by atoms with Crippen LogP contribution in [-0.2, 0) is 4.84 Å². The number of nitrogens with one attached hydrogen (secondary N) is 1. The number of piperazine rings is 1. The molecule has 2 rings (SSSR count). The molecule has 0 saturated carbocycles. The van der Waals surface area contributed by atoms with Crippen LogP contribution in [0.2, 0.25) is 0 Å². The third-order valence-electron chi connectivity index (χ3n) is 8.61. The molecule has 1 saturated heterocycles. The summed E-state index contributed by atoms with van der Waals surface area (Å²) >= 11 is 0. The van der Waals surface area contributed by atoms with Gasteiger partial charge in [-0.3, -0.25) is 4.90 Å². The van der Waals surface area contributed by atoms with Gasteiger partial charge in [0.25, 0.3) is 5.09 Å². The van der Waals surface area contributed by atoms with Gasteiger partial charge in [-0.1, -0.05) is 90.4 Å². The maximum Gasteiger partial charge on any atom is 0.345 e. The molecule has 2 unspecified atom stereocenters. The monoisotopic (exact) mass is 591 g/mol. The number of quaternary nitrogens is 1. The minimum Gasteiger partial charge on any atom is -0.626 e. The summed E-state index contributed by atoms with van der Waals surface area (Å²) in [7, 11) is 0. The zero-order valence-electron chi connectivity index (χ0n) is 26.4. The number of carbonyl (C=O) groups excluding carboxylic acids is 1. The molecule has 1 aliphatic heterocycles. The molecular formula is C32H57N5O5. The van der Waals surface area contributed by atoms with Crippen molar-refractivity contribution in [2.24, 2.45) is 0 Å². The highest BCUT2D eigenvalue weighted by Crippen LogP contribution is 2.16. The fourth-order valence-electron chi connectivity index (χ4n) is 5.63. The minimum absolute atomic E-state index is 0.221. The molecule has 10 nitrogen and oxygen atoms in total. The minimum atomic E-state index is -0.717. The van der Waals surface area contributed by atoms with Crippen LogP contribution in [0, 0.1) is 15.3 Å².